The molecule has 0 aliphatic rings. The molecule has 0 spiro atoms. The van der Waals surface area contributed by atoms with Gasteiger partial charge in [0.25, 0.3) is 0 Å². The first-order valence-corrected chi connectivity index (χ1v) is 7.06. The van der Waals surface area contributed by atoms with E-state index in [0.29, 0.717) is 28.9 Å². The number of benzene rings is 1. The summed E-state index contributed by atoms with van der Waals surface area (Å²) >= 11 is 6.02. The first kappa shape index (κ1) is 16.3. The largest absolute Gasteiger partial charge is 0.493 e. The lowest BCUT2D eigenvalue weighted by Gasteiger charge is -2.22. The van der Waals surface area contributed by atoms with Gasteiger partial charge in [-0.2, -0.15) is 0 Å². The number of ether oxygens (including phenoxy) is 3. The average Bonchev–Trinajstić information content (AvgIpc) is 2.85. The Labute approximate surface area is 135 Å². The summed E-state index contributed by atoms with van der Waals surface area (Å²) in [7, 11) is 8.62. The number of rotatable bonds is 6. The van der Waals surface area contributed by atoms with Crippen molar-refractivity contribution in [1.29, 1.82) is 0 Å². The fourth-order valence-corrected chi connectivity index (χ4v) is 2.31. The van der Waals surface area contributed by atoms with Crippen LogP contribution in [0.15, 0.2) is 18.3 Å². The van der Waals surface area contributed by atoms with Gasteiger partial charge in [-0.1, -0.05) is 11.6 Å². The maximum atomic E-state index is 6.02. The van der Waals surface area contributed by atoms with Crippen LogP contribution in [-0.4, -0.2) is 37.9 Å². The molecule has 0 amide bonds. The van der Waals surface area contributed by atoms with Crippen molar-refractivity contribution in [3.8, 4) is 17.2 Å². The molecule has 0 aliphatic carbocycles. The highest BCUT2D eigenvalue weighted by Gasteiger charge is 2.16. The van der Waals surface area contributed by atoms with Crippen molar-refractivity contribution in [2.45, 2.75) is 6.54 Å². The Bertz CT molecular complexity index is 632. The quantitative estimate of drug-likeness (QED) is 0.817. The molecule has 0 aliphatic heterocycles. The molecule has 0 bridgehead atoms. The van der Waals surface area contributed by atoms with Gasteiger partial charge in [0.15, 0.2) is 11.5 Å². The van der Waals surface area contributed by atoms with Crippen LogP contribution < -0.4 is 19.1 Å². The highest BCUT2D eigenvalue weighted by molar-refractivity contribution is 6.29. The molecule has 2 aromatic rings. The van der Waals surface area contributed by atoms with Gasteiger partial charge in [0.2, 0.25) is 5.75 Å². The van der Waals surface area contributed by atoms with Crippen molar-refractivity contribution >= 4 is 17.3 Å². The molecular weight excluding hydrogens is 306 g/mol. The first-order chi connectivity index (χ1) is 10.5. The minimum atomic E-state index is 0.571. The van der Waals surface area contributed by atoms with Gasteiger partial charge in [-0.25, -0.2) is 4.98 Å². The summed E-state index contributed by atoms with van der Waals surface area (Å²) in [6.07, 6.45) is 1.64. The lowest BCUT2D eigenvalue weighted by molar-refractivity contribution is 0.324. The summed E-state index contributed by atoms with van der Waals surface area (Å²) in [5.41, 5.74) is 0.925. The second-order valence-corrected chi connectivity index (χ2v) is 5.18. The molecule has 6 nitrogen and oxygen atoms in total. The highest BCUT2D eigenvalue weighted by Crippen LogP contribution is 2.41. The Hall–Kier alpha value is -2.08. The Kier molecular flexibility index (Phi) is 5.03. The standard InChI is InChI=1S/C15H20ClN3O3/c1-18(9-14-17-8-13(16)19(14)2)10-6-11(20-3)15(22-5)12(7-10)21-4/h6-8H,9H2,1-5H3. The fourth-order valence-electron chi connectivity index (χ4n) is 2.16. The summed E-state index contributed by atoms with van der Waals surface area (Å²) in [6, 6.07) is 3.79. The van der Waals surface area contributed by atoms with Crippen LogP contribution in [0.4, 0.5) is 5.69 Å². The van der Waals surface area contributed by atoms with E-state index in [0.717, 1.165) is 11.5 Å². The molecule has 0 atom stereocenters. The van der Waals surface area contributed by atoms with E-state index < -0.39 is 0 Å². The lowest BCUT2D eigenvalue weighted by Crippen LogP contribution is -2.19. The van der Waals surface area contributed by atoms with Gasteiger partial charge < -0.3 is 23.7 Å². The molecule has 0 saturated heterocycles. The Morgan fingerprint density at radius 1 is 1.14 bits per heavy atom. The zero-order valence-electron chi connectivity index (χ0n) is 13.4. The monoisotopic (exact) mass is 325 g/mol. The molecule has 7 heteroatoms. The minimum Gasteiger partial charge on any atom is -0.493 e. The SMILES string of the molecule is COc1cc(N(C)Cc2ncc(Cl)n2C)cc(OC)c1OC. The summed E-state index contributed by atoms with van der Waals surface area (Å²) in [5.74, 6) is 2.66. The summed E-state index contributed by atoms with van der Waals surface area (Å²) < 4.78 is 17.9. The third kappa shape index (κ3) is 3.06. The van der Waals surface area contributed by atoms with E-state index in [4.69, 9.17) is 25.8 Å². The van der Waals surface area contributed by atoms with Crippen LogP contribution in [0.5, 0.6) is 17.2 Å². The van der Waals surface area contributed by atoms with Crippen LogP contribution in [0.1, 0.15) is 5.82 Å². The molecule has 0 fully saturated rings. The Balaban J connectivity index is 2.33. The minimum absolute atomic E-state index is 0.571. The van der Waals surface area contributed by atoms with Crippen LogP contribution in [0.3, 0.4) is 0 Å². The Morgan fingerprint density at radius 2 is 1.73 bits per heavy atom. The van der Waals surface area contributed by atoms with Crippen LogP contribution in [0, 0.1) is 0 Å². The van der Waals surface area contributed by atoms with E-state index in [1.807, 2.05) is 35.7 Å². The number of halogens is 1. The first-order valence-electron chi connectivity index (χ1n) is 6.69. The lowest BCUT2D eigenvalue weighted by atomic mass is 10.2. The van der Waals surface area contributed by atoms with Crippen molar-refractivity contribution < 1.29 is 14.2 Å². The van der Waals surface area contributed by atoms with E-state index in [1.54, 1.807) is 27.5 Å². The third-order valence-electron chi connectivity index (χ3n) is 3.50. The van der Waals surface area contributed by atoms with Crippen LogP contribution in [-0.2, 0) is 13.6 Å². The van der Waals surface area contributed by atoms with E-state index in [2.05, 4.69) is 4.98 Å². The van der Waals surface area contributed by atoms with Crippen molar-refractivity contribution in [1.82, 2.24) is 9.55 Å². The average molecular weight is 326 g/mol. The molecule has 1 aromatic heterocycles. The number of nitrogens with zero attached hydrogens (tertiary/aromatic N) is 3. The van der Waals surface area contributed by atoms with E-state index in [9.17, 15) is 0 Å². The van der Waals surface area contributed by atoms with Gasteiger partial charge >= 0.3 is 0 Å². The summed E-state index contributed by atoms with van der Waals surface area (Å²) in [5, 5.41) is 0.605. The molecule has 120 valence electrons. The van der Waals surface area contributed by atoms with E-state index in [1.165, 1.54) is 0 Å². The van der Waals surface area contributed by atoms with Crippen LogP contribution >= 0.6 is 11.6 Å². The van der Waals surface area contributed by atoms with Crippen molar-refractivity contribution in [3.63, 3.8) is 0 Å². The predicted molar refractivity (Wildman–Crippen MR) is 86.4 cm³/mol. The number of hydrogen-bond acceptors (Lipinski definition) is 5. The smallest absolute Gasteiger partial charge is 0.203 e. The number of aromatic nitrogens is 2. The van der Waals surface area contributed by atoms with Crippen LogP contribution in [0.2, 0.25) is 5.15 Å². The normalized spacial score (nSPS) is 10.5. The maximum absolute atomic E-state index is 6.02. The van der Waals surface area contributed by atoms with Gasteiger partial charge in [-0.3, -0.25) is 0 Å². The van der Waals surface area contributed by atoms with Gasteiger partial charge in [-0.05, 0) is 0 Å². The maximum Gasteiger partial charge on any atom is 0.203 e. The summed E-state index contributed by atoms with van der Waals surface area (Å²) in [4.78, 5) is 6.33. The van der Waals surface area contributed by atoms with Gasteiger partial charge in [-0.15, -0.1) is 0 Å². The molecule has 0 unspecified atom stereocenters. The molecule has 0 saturated carbocycles. The molecule has 1 heterocycles. The predicted octanol–water partition coefficient (Wildman–Crippen LogP) is 2.74. The van der Waals surface area contributed by atoms with Gasteiger partial charge in [0.1, 0.15) is 11.0 Å². The van der Waals surface area contributed by atoms with Gasteiger partial charge in [0.05, 0.1) is 34.1 Å². The molecule has 22 heavy (non-hydrogen) atoms. The fraction of sp³-hybridized carbons (Fsp3) is 0.400. The molecule has 0 radical (unpaired) electrons. The molecular formula is C15H20ClN3O3. The van der Waals surface area contributed by atoms with Crippen molar-refractivity contribution in [3.05, 3.63) is 29.3 Å². The zero-order valence-corrected chi connectivity index (χ0v) is 14.1. The summed E-state index contributed by atoms with van der Waals surface area (Å²) in [6.45, 7) is 0.599. The van der Waals surface area contributed by atoms with Crippen molar-refractivity contribution in [2.24, 2.45) is 7.05 Å². The number of anilines is 1. The number of hydrogen-bond donors (Lipinski definition) is 0. The number of methoxy groups -OCH3 is 3. The molecule has 1 aromatic carbocycles. The van der Waals surface area contributed by atoms with Gasteiger partial charge in [0, 0.05) is 31.9 Å². The second kappa shape index (κ2) is 6.79. The highest BCUT2D eigenvalue weighted by atomic mass is 35.5. The third-order valence-corrected chi connectivity index (χ3v) is 3.85. The molecule has 2 rings (SSSR count). The van der Waals surface area contributed by atoms with E-state index >= 15 is 0 Å². The van der Waals surface area contributed by atoms with Crippen molar-refractivity contribution in [2.75, 3.05) is 33.3 Å². The Morgan fingerprint density at radius 3 is 2.14 bits per heavy atom. The van der Waals surface area contributed by atoms with E-state index in [-0.39, 0.29) is 0 Å². The van der Waals surface area contributed by atoms with Crippen LogP contribution in [0.25, 0.3) is 0 Å². The number of imidazole rings is 1. The topological polar surface area (TPSA) is 48.8 Å². The molecule has 0 N–H and O–H groups in total. The zero-order chi connectivity index (χ0) is 16.3. The second-order valence-electron chi connectivity index (χ2n) is 4.80.